The minimum absolute atomic E-state index is 0.207. The molecule has 0 aliphatic rings. The minimum Gasteiger partial charge on any atom is -0.480 e. The monoisotopic (exact) mass is 292 g/mol. The molecule has 6 nitrogen and oxygen atoms in total. The van der Waals surface area contributed by atoms with Crippen LogP contribution in [0.5, 0.6) is 0 Å². The summed E-state index contributed by atoms with van der Waals surface area (Å²) in [5.41, 5.74) is 0.207. The standard InChI is InChI=1S/C10H13ClN2O4S/c1-12(2)18(16,17)13(7-10(14)15)9-5-3-4-8(11)6-9/h3-6H,7H2,1-2H3,(H,14,15). The van der Waals surface area contributed by atoms with E-state index in [9.17, 15) is 13.2 Å². The highest BCUT2D eigenvalue weighted by atomic mass is 35.5. The molecule has 0 aromatic heterocycles. The van der Waals surface area contributed by atoms with Crippen molar-refractivity contribution < 1.29 is 18.3 Å². The number of hydrogen-bond donors (Lipinski definition) is 1. The number of halogens is 1. The van der Waals surface area contributed by atoms with Crippen molar-refractivity contribution in [1.82, 2.24) is 4.31 Å². The van der Waals surface area contributed by atoms with Crippen LogP contribution in [0.25, 0.3) is 0 Å². The molecule has 1 aromatic carbocycles. The van der Waals surface area contributed by atoms with Gasteiger partial charge < -0.3 is 5.11 Å². The summed E-state index contributed by atoms with van der Waals surface area (Å²) in [4.78, 5) is 10.8. The lowest BCUT2D eigenvalue weighted by Crippen LogP contribution is -2.43. The van der Waals surface area contributed by atoms with Crippen LogP contribution in [-0.4, -0.2) is 44.4 Å². The Morgan fingerprint density at radius 1 is 1.39 bits per heavy atom. The number of hydrogen-bond acceptors (Lipinski definition) is 3. The first-order chi connectivity index (χ1) is 8.25. The first-order valence-electron chi connectivity index (χ1n) is 4.92. The molecule has 8 heteroatoms. The number of rotatable bonds is 5. The van der Waals surface area contributed by atoms with Crippen molar-refractivity contribution in [2.45, 2.75) is 0 Å². The van der Waals surface area contributed by atoms with Crippen molar-refractivity contribution in [3.63, 3.8) is 0 Å². The number of carboxylic acid groups (broad SMARTS) is 1. The van der Waals surface area contributed by atoms with Gasteiger partial charge in [0, 0.05) is 19.1 Å². The average Bonchev–Trinajstić information content (AvgIpc) is 2.25. The molecule has 0 spiro atoms. The highest BCUT2D eigenvalue weighted by Crippen LogP contribution is 2.22. The Balaban J connectivity index is 3.26. The zero-order valence-corrected chi connectivity index (χ0v) is 11.4. The lowest BCUT2D eigenvalue weighted by atomic mass is 10.3. The summed E-state index contributed by atoms with van der Waals surface area (Å²) in [5, 5.41) is 9.13. The second-order valence-electron chi connectivity index (χ2n) is 3.67. The van der Waals surface area contributed by atoms with Crippen LogP contribution < -0.4 is 4.31 Å². The number of carbonyl (C=O) groups is 1. The number of nitrogens with zero attached hydrogens (tertiary/aromatic N) is 2. The predicted molar refractivity (Wildman–Crippen MR) is 69.0 cm³/mol. The van der Waals surface area contributed by atoms with Crippen LogP contribution in [0.2, 0.25) is 5.02 Å². The third-order valence-corrected chi connectivity index (χ3v) is 4.17. The average molecular weight is 293 g/mol. The number of anilines is 1. The van der Waals surface area contributed by atoms with E-state index in [1.54, 1.807) is 12.1 Å². The SMILES string of the molecule is CN(C)S(=O)(=O)N(CC(=O)O)c1cccc(Cl)c1. The summed E-state index contributed by atoms with van der Waals surface area (Å²) < 4.78 is 25.8. The van der Waals surface area contributed by atoms with E-state index in [1.165, 1.54) is 26.2 Å². The molecular weight excluding hydrogens is 280 g/mol. The summed E-state index contributed by atoms with van der Waals surface area (Å²) in [5.74, 6) is -1.25. The molecule has 0 aliphatic carbocycles. The molecule has 0 fully saturated rings. The van der Waals surface area contributed by atoms with E-state index in [2.05, 4.69) is 0 Å². The normalized spacial score (nSPS) is 11.6. The van der Waals surface area contributed by atoms with Crippen molar-refractivity contribution >= 4 is 33.5 Å². The second kappa shape index (κ2) is 5.55. The summed E-state index contributed by atoms with van der Waals surface area (Å²) in [6.45, 7) is -0.666. The van der Waals surface area contributed by atoms with Gasteiger partial charge in [-0.05, 0) is 18.2 Å². The van der Waals surface area contributed by atoms with Gasteiger partial charge in [-0.15, -0.1) is 0 Å². The van der Waals surface area contributed by atoms with E-state index >= 15 is 0 Å². The summed E-state index contributed by atoms with van der Waals surface area (Å²) in [6.07, 6.45) is 0. The minimum atomic E-state index is -3.88. The Morgan fingerprint density at radius 2 is 2.00 bits per heavy atom. The van der Waals surface area contributed by atoms with Gasteiger partial charge in [0.05, 0.1) is 5.69 Å². The van der Waals surface area contributed by atoms with Crippen molar-refractivity contribution in [1.29, 1.82) is 0 Å². The fourth-order valence-electron chi connectivity index (χ4n) is 1.26. The number of carboxylic acids is 1. The van der Waals surface area contributed by atoms with Crippen LogP contribution in [0.3, 0.4) is 0 Å². The molecule has 100 valence electrons. The third kappa shape index (κ3) is 3.34. The maximum Gasteiger partial charge on any atom is 0.324 e. The molecule has 1 N–H and O–H groups in total. The fraction of sp³-hybridized carbons (Fsp3) is 0.300. The van der Waals surface area contributed by atoms with Gasteiger partial charge in [0.1, 0.15) is 6.54 Å². The van der Waals surface area contributed by atoms with Crippen molar-refractivity contribution in [2.75, 3.05) is 24.9 Å². The Hall–Kier alpha value is -1.31. The highest BCUT2D eigenvalue weighted by Gasteiger charge is 2.27. The second-order valence-corrected chi connectivity index (χ2v) is 6.17. The van der Waals surface area contributed by atoms with Gasteiger partial charge in [0.15, 0.2) is 0 Å². The molecule has 0 saturated heterocycles. The lowest BCUT2D eigenvalue weighted by Gasteiger charge is -2.25. The van der Waals surface area contributed by atoms with Gasteiger partial charge in [-0.25, -0.2) is 4.31 Å². The first kappa shape index (κ1) is 14.7. The van der Waals surface area contributed by atoms with E-state index in [1.807, 2.05) is 0 Å². The Labute approximate surface area is 111 Å². The smallest absolute Gasteiger partial charge is 0.324 e. The molecule has 0 bridgehead atoms. The lowest BCUT2D eigenvalue weighted by molar-refractivity contribution is -0.135. The summed E-state index contributed by atoms with van der Waals surface area (Å²) in [6, 6.07) is 6.01. The topological polar surface area (TPSA) is 77.9 Å². The van der Waals surface area contributed by atoms with Gasteiger partial charge in [-0.3, -0.25) is 4.79 Å². The molecule has 0 saturated carbocycles. The highest BCUT2D eigenvalue weighted by molar-refractivity contribution is 7.90. The summed E-state index contributed by atoms with van der Waals surface area (Å²) in [7, 11) is -1.22. The van der Waals surface area contributed by atoms with E-state index < -0.39 is 22.7 Å². The Kier molecular flexibility index (Phi) is 4.55. The Bertz CT molecular complexity index is 545. The zero-order chi connectivity index (χ0) is 13.9. The van der Waals surface area contributed by atoms with Gasteiger partial charge in [0.25, 0.3) is 0 Å². The number of aliphatic carboxylic acids is 1. The van der Waals surface area contributed by atoms with Gasteiger partial charge >= 0.3 is 16.2 Å². The van der Waals surface area contributed by atoms with Crippen LogP contribution in [0.1, 0.15) is 0 Å². The van der Waals surface area contributed by atoms with Crippen molar-refractivity contribution in [3.05, 3.63) is 29.3 Å². The Morgan fingerprint density at radius 3 is 2.44 bits per heavy atom. The molecule has 0 aliphatic heterocycles. The molecule has 0 atom stereocenters. The van der Waals surface area contributed by atoms with E-state index in [4.69, 9.17) is 16.7 Å². The predicted octanol–water partition coefficient (Wildman–Crippen LogP) is 1.04. The molecule has 0 heterocycles. The van der Waals surface area contributed by atoms with Crippen LogP contribution in [-0.2, 0) is 15.0 Å². The van der Waals surface area contributed by atoms with E-state index in [0.29, 0.717) is 5.02 Å². The molecule has 1 aromatic rings. The van der Waals surface area contributed by atoms with E-state index in [0.717, 1.165) is 8.61 Å². The first-order valence-corrected chi connectivity index (χ1v) is 6.70. The van der Waals surface area contributed by atoms with Gasteiger partial charge in [-0.1, -0.05) is 17.7 Å². The third-order valence-electron chi connectivity index (χ3n) is 2.11. The maximum absolute atomic E-state index is 12.0. The molecule has 18 heavy (non-hydrogen) atoms. The maximum atomic E-state index is 12.0. The quantitative estimate of drug-likeness (QED) is 0.879. The van der Waals surface area contributed by atoms with Crippen molar-refractivity contribution in [3.8, 4) is 0 Å². The fourth-order valence-corrected chi connectivity index (χ4v) is 2.49. The van der Waals surface area contributed by atoms with Crippen molar-refractivity contribution in [2.24, 2.45) is 0 Å². The van der Waals surface area contributed by atoms with Gasteiger partial charge in [-0.2, -0.15) is 12.7 Å². The molecule has 0 unspecified atom stereocenters. The number of benzene rings is 1. The van der Waals surface area contributed by atoms with Crippen LogP contribution >= 0.6 is 11.6 Å². The zero-order valence-electron chi connectivity index (χ0n) is 9.87. The van der Waals surface area contributed by atoms with Gasteiger partial charge in [0.2, 0.25) is 0 Å². The van der Waals surface area contributed by atoms with Crippen LogP contribution in [0.4, 0.5) is 5.69 Å². The molecule has 0 radical (unpaired) electrons. The largest absolute Gasteiger partial charge is 0.480 e. The van der Waals surface area contributed by atoms with Crippen LogP contribution in [0.15, 0.2) is 24.3 Å². The summed E-state index contributed by atoms with van der Waals surface area (Å²) >= 11 is 5.77. The molecular formula is C10H13ClN2O4S. The molecule has 0 amide bonds. The molecule has 1 rings (SSSR count). The van der Waals surface area contributed by atoms with Crippen LogP contribution in [0, 0.1) is 0 Å². The van der Waals surface area contributed by atoms with E-state index in [-0.39, 0.29) is 5.69 Å².